The van der Waals surface area contributed by atoms with Crippen LogP contribution < -0.4 is 11.5 Å². The van der Waals surface area contributed by atoms with Crippen LogP contribution in [0.2, 0.25) is 0 Å². The summed E-state index contributed by atoms with van der Waals surface area (Å²) >= 11 is 0. The third-order valence-corrected chi connectivity index (χ3v) is 3.67. The Morgan fingerprint density at radius 3 is 2.79 bits per heavy atom. The Balaban J connectivity index is 2.10. The van der Waals surface area contributed by atoms with E-state index in [1.54, 1.807) is 24.4 Å². The van der Waals surface area contributed by atoms with Crippen LogP contribution >= 0.6 is 0 Å². The molecule has 0 unspecified atom stereocenters. The molecule has 0 atom stereocenters. The Morgan fingerprint density at radius 2 is 2.00 bits per heavy atom. The number of oxime groups is 1. The number of aromatic nitrogens is 1. The zero-order valence-corrected chi connectivity index (χ0v) is 13.1. The molecule has 0 fully saturated rings. The largest absolute Gasteiger partial charge is 0.409 e. The van der Waals surface area contributed by atoms with Crippen LogP contribution in [0.5, 0.6) is 0 Å². The lowest BCUT2D eigenvalue weighted by molar-refractivity contribution is 0.318. The van der Waals surface area contributed by atoms with Crippen LogP contribution in [0.3, 0.4) is 0 Å². The normalized spacial score (nSPS) is 11.1. The molecule has 2 aromatic carbocycles. The van der Waals surface area contributed by atoms with Crippen LogP contribution in [0.25, 0.3) is 10.8 Å². The molecule has 0 radical (unpaired) electrons. The van der Waals surface area contributed by atoms with Gasteiger partial charge in [0.1, 0.15) is 5.82 Å². The van der Waals surface area contributed by atoms with Gasteiger partial charge in [-0.1, -0.05) is 46.8 Å². The second-order valence-electron chi connectivity index (χ2n) is 5.43. The van der Waals surface area contributed by atoms with Crippen LogP contribution in [0.4, 0.5) is 5.82 Å². The number of nitrogens with zero attached hydrogens (tertiary/aromatic N) is 2. The number of aryl methyl sites for hydroxylation is 1. The molecule has 1 aromatic heterocycles. The van der Waals surface area contributed by atoms with E-state index in [2.05, 4.69) is 22.0 Å². The molecule has 0 spiro atoms. The Morgan fingerprint density at radius 1 is 1.17 bits per heavy atom. The van der Waals surface area contributed by atoms with E-state index in [0.717, 1.165) is 21.9 Å². The van der Waals surface area contributed by atoms with Gasteiger partial charge in [0, 0.05) is 28.1 Å². The molecule has 0 saturated carbocycles. The van der Waals surface area contributed by atoms with Crippen molar-refractivity contribution in [1.82, 2.24) is 4.98 Å². The summed E-state index contributed by atoms with van der Waals surface area (Å²) in [6, 6.07) is 13.2. The number of anilines is 1. The zero-order valence-electron chi connectivity index (χ0n) is 13.1. The predicted molar refractivity (Wildman–Crippen MR) is 95.8 cm³/mol. The number of nitrogens with two attached hydrogens (primary N) is 2. The third-order valence-electron chi connectivity index (χ3n) is 3.67. The molecule has 3 aromatic rings. The summed E-state index contributed by atoms with van der Waals surface area (Å²) in [4.78, 5) is 4.21. The van der Waals surface area contributed by atoms with Gasteiger partial charge in [-0.15, -0.1) is 0 Å². The number of nitrogen functional groups attached to an aromatic ring is 1. The molecule has 0 amide bonds. The first-order chi connectivity index (χ1) is 11.6. The van der Waals surface area contributed by atoms with Gasteiger partial charge in [-0.3, -0.25) is 0 Å². The Hall–Kier alpha value is -3.52. The standard InChI is InChI=1S/C19H16N4O/c1-12-5-7-15-11-22-19(21)16(17(15)9-12)8-6-13-3-2-4-14(10-13)18(20)23-24/h2-5,7,9-11,24H,1H3,(H2,20,23)(H2,21,22). The van der Waals surface area contributed by atoms with Crippen molar-refractivity contribution in [3.05, 3.63) is 70.9 Å². The summed E-state index contributed by atoms with van der Waals surface area (Å²) in [7, 11) is 0. The summed E-state index contributed by atoms with van der Waals surface area (Å²) in [5.74, 6) is 6.61. The van der Waals surface area contributed by atoms with E-state index in [-0.39, 0.29) is 5.84 Å². The first-order valence-corrected chi connectivity index (χ1v) is 7.33. The maximum Gasteiger partial charge on any atom is 0.170 e. The monoisotopic (exact) mass is 316 g/mol. The van der Waals surface area contributed by atoms with E-state index in [0.29, 0.717) is 16.9 Å². The SMILES string of the molecule is Cc1ccc2cnc(N)c(C#Cc3cccc(C(N)=NO)c3)c2c1. The van der Waals surface area contributed by atoms with Crippen molar-refractivity contribution in [1.29, 1.82) is 0 Å². The third kappa shape index (κ3) is 2.99. The van der Waals surface area contributed by atoms with Gasteiger partial charge in [-0.2, -0.15) is 0 Å². The molecule has 5 N–H and O–H groups in total. The maximum absolute atomic E-state index is 8.77. The highest BCUT2D eigenvalue weighted by atomic mass is 16.4. The van der Waals surface area contributed by atoms with Gasteiger partial charge in [0.05, 0.1) is 5.56 Å². The van der Waals surface area contributed by atoms with Gasteiger partial charge in [0.2, 0.25) is 0 Å². The van der Waals surface area contributed by atoms with Gasteiger partial charge in [-0.25, -0.2) is 4.98 Å². The van der Waals surface area contributed by atoms with Crippen molar-refractivity contribution in [2.24, 2.45) is 10.9 Å². The van der Waals surface area contributed by atoms with E-state index in [4.69, 9.17) is 16.7 Å². The second-order valence-corrected chi connectivity index (χ2v) is 5.43. The molecule has 24 heavy (non-hydrogen) atoms. The lowest BCUT2D eigenvalue weighted by Crippen LogP contribution is -2.12. The lowest BCUT2D eigenvalue weighted by Gasteiger charge is -2.04. The maximum atomic E-state index is 8.77. The summed E-state index contributed by atoms with van der Waals surface area (Å²) in [6.45, 7) is 2.02. The van der Waals surface area contributed by atoms with Crippen molar-refractivity contribution in [3.8, 4) is 11.8 Å². The molecule has 0 aliphatic carbocycles. The zero-order chi connectivity index (χ0) is 17.1. The Bertz CT molecular complexity index is 1010. The van der Waals surface area contributed by atoms with Crippen LogP contribution in [-0.2, 0) is 0 Å². The van der Waals surface area contributed by atoms with E-state index in [9.17, 15) is 0 Å². The average Bonchev–Trinajstić information content (AvgIpc) is 2.60. The summed E-state index contributed by atoms with van der Waals surface area (Å²) in [6.07, 6.45) is 1.74. The number of rotatable bonds is 1. The fourth-order valence-electron chi connectivity index (χ4n) is 2.42. The molecule has 1 heterocycles. The molecule has 0 saturated heterocycles. The van der Waals surface area contributed by atoms with E-state index in [1.165, 1.54) is 0 Å². The van der Waals surface area contributed by atoms with Gasteiger partial charge in [-0.05, 0) is 25.1 Å². The van der Waals surface area contributed by atoms with Crippen LogP contribution in [-0.4, -0.2) is 16.0 Å². The van der Waals surface area contributed by atoms with Gasteiger partial charge < -0.3 is 16.7 Å². The minimum atomic E-state index is 0.0422. The summed E-state index contributed by atoms with van der Waals surface area (Å²) < 4.78 is 0. The highest BCUT2D eigenvalue weighted by Gasteiger charge is 2.05. The smallest absolute Gasteiger partial charge is 0.170 e. The molecule has 5 heteroatoms. The fourth-order valence-corrected chi connectivity index (χ4v) is 2.42. The number of amidine groups is 1. The highest BCUT2D eigenvalue weighted by molar-refractivity contribution is 5.97. The summed E-state index contributed by atoms with van der Waals surface area (Å²) in [5, 5.41) is 13.7. The second kappa shape index (κ2) is 6.31. The van der Waals surface area contributed by atoms with Crippen LogP contribution in [0, 0.1) is 18.8 Å². The van der Waals surface area contributed by atoms with E-state index in [1.807, 2.05) is 31.2 Å². The number of hydrogen-bond acceptors (Lipinski definition) is 4. The van der Waals surface area contributed by atoms with Gasteiger partial charge in [0.15, 0.2) is 5.84 Å². The molecule has 0 bridgehead atoms. The highest BCUT2D eigenvalue weighted by Crippen LogP contribution is 2.22. The first kappa shape index (κ1) is 15.4. The van der Waals surface area contributed by atoms with Crippen LogP contribution in [0.15, 0.2) is 53.8 Å². The first-order valence-electron chi connectivity index (χ1n) is 7.33. The van der Waals surface area contributed by atoms with Crippen molar-refractivity contribution < 1.29 is 5.21 Å². The fraction of sp³-hybridized carbons (Fsp3) is 0.0526. The van der Waals surface area contributed by atoms with Crippen molar-refractivity contribution in [2.45, 2.75) is 6.92 Å². The number of fused-ring (bicyclic) bond motifs is 1. The van der Waals surface area contributed by atoms with Gasteiger partial charge in [0.25, 0.3) is 0 Å². The molecule has 5 nitrogen and oxygen atoms in total. The Kier molecular flexibility index (Phi) is 4.04. The number of benzene rings is 2. The molecular formula is C19H16N4O. The van der Waals surface area contributed by atoms with E-state index < -0.39 is 0 Å². The minimum Gasteiger partial charge on any atom is -0.409 e. The summed E-state index contributed by atoms with van der Waals surface area (Å²) in [5.41, 5.74) is 14.8. The lowest BCUT2D eigenvalue weighted by atomic mass is 10.0. The van der Waals surface area contributed by atoms with Crippen molar-refractivity contribution >= 4 is 22.4 Å². The van der Waals surface area contributed by atoms with Gasteiger partial charge >= 0.3 is 0 Å². The molecule has 0 aliphatic rings. The Labute approximate surface area is 139 Å². The van der Waals surface area contributed by atoms with Crippen molar-refractivity contribution in [3.63, 3.8) is 0 Å². The number of hydrogen-bond donors (Lipinski definition) is 3. The topological polar surface area (TPSA) is 97.5 Å². The van der Waals surface area contributed by atoms with E-state index >= 15 is 0 Å². The molecule has 0 aliphatic heterocycles. The molecule has 3 rings (SSSR count). The van der Waals surface area contributed by atoms with Crippen molar-refractivity contribution in [2.75, 3.05) is 5.73 Å². The molecular weight excluding hydrogens is 300 g/mol. The number of pyridine rings is 1. The quantitative estimate of drug-likeness (QED) is 0.211. The minimum absolute atomic E-state index is 0.0422. The van der Waals surface area contributed by atoms with Crippen LogP contribution in [0.1, 0.15) is 22.3 Å². The average molecular weight is 316 g/mol. The molecule has 118 valence electrons. The predicted octanol–water partition coefficient (Wildman–Crippen LogP) is 2.62.